The van der Waals surface area contributed by atoms with Gasteiger partial charge in [0.25, 0.3) is 0 Å². The van der Waals surface area contributed by atoms with E-state index < -0.39 is 5.97 Å². The minimum atomic E-state index is -0.832. The van der Waals surface area contributed by atoms with Crippen LogP contribution in [-0.4, -0.2) is 21.0 Å². The fraction of sp³-hybridized carbons (Fsp3) is 0.333. The highest BCUT2D eigenvalue weighted by molar-refractivity contribution is 5.83. The number of benzene rings is 1. The number of carbonyl (C=O) groups is 1. The molecule has 2 N–H and O–H groups in total. The van der Waals surface area contributed by atoms with Gasteiger partial charge in [-0.25, -0.2) is 4.98 Å². The number of rotatable bonds is 3. The van der Waals surface area contributed by atoms with E-state index in [1.54, 1.807) is 6.07 Å². The molecule has 0 saturated carbocycles. The molecule has 4 heteroatoms. The zero-order valence-corrected chi connectivity index (χ0v) is 9.32. The Kier molecular flexibility index (Phi) is 2.64. The van der Waals surface area contributed by atoms with Gasteiger partial charge < -0.3 is 10.1 Å². The molecule has 1 heterocycles. The molecule has 84 valence electrons. The molecule has 0 atom stereocenters. The van der Waals surface area contributed by atoms with Crippen LogP contribution in [0.3, 0.4) is 0 Å². The lowest BCUT2D eigenvalue weighted by Crippen LogP contribution is -2.00. The van der Waals surface area contributed by atoms with E-state index in [9.17, 15) is 4.79 Å². The Morgan fingerprint density at radius 3 is 2.88 bits per heavy atom. The maximum atomic E-state index is 10.7. The fourth-order valence-corrected chi connectivity index (χ4v) is 1.69. The molecule has 2 aromatic rings. The van der Waals surface area contributed by atoms with E-state index in [0.717, 1.165) is 22.4 Å². The summed E-state index contributed by atoms with van der Waals surface area (Å²) in [5, 5.41) is 8.80. The smallest absolute Gasteiger partial charge is 0.307 e. The van der Waals surface area contributed by atoms with E-state index in [2.05, 4.69) is 23.8 Å². The number of carboxylic acid groups (broad SMARTS) is 1. The van der Waals surface area contributed by atoms with Crippen molar-refractivity contribution in [3.05, 3.63) is 29.6 Å². The number of aromatic nitrogens is 2. The van der Waals surface area contributed by atoms with Gasteiger partial charge in [-0.05, 0) is 11.6 Å². The Morgan fingerprint density at radius 1 is 1.50 bits per heavy atom. The molecular weight excluding hydrogens is 204 g/mol. The second-order valence-corrected chi connectivity index (χ2v) is 4.16. The van der Waals surface area contributed by atoms with Crippen LogP contribution in [0, 0.1) is 0 Å². The van der Waals surface area contributed by atoms with Gasteiger partial charge in [0.2, 0.25) is 0 Å². The van der Waals surface area contributed by atoms with Gasteiger partial charge in [0.1, 0.15) is 5.82 Å². The number of aromatic amines is 1. The Balaban J connectivity index is 2.54. The molecule has 0 aliphatic heterocycles. The van der Waals surface area contributed by atoms with Crippen molar-refractivity contribution in [3.8, 4) is 0 Å². The summed E-state index contributed by atoms with van der Waals surface area (Å²) in [7, 11) is 0. The Labute approximate surface area is 93.3 Å². The third-order valence-corrected chi connectivity index (χ3v) is 2.50. The molecule has 0 bridgehead atoms. The molecule has 0 aliphatic carbocycles. The number of fused-ring (bicyclic) bond motifs is 1. The molecule has 0 amide bonds. The first-order valence-electron chi connectivity index (χ1n) is 5.27. The number of H-pyrrole nitrogens is 1. The minimum absolute atomic E-state index is 0.0136. The largest absolute Gasteiger partial charge is 0.481 e. The highest BCUT2D eigenvalue weighted by Crippen LogP contribution is 2.20. The van der Waals surface area contributed by atoms with Gasteiger partial charge in [-0.2, -0.15) is 0 Å². The summed E-state index contributed by atoms with van der Waals surface area (Å²) in [5.74, 6) is 0.375. The van der Waals surface area contributed by atoms with Gasteiger partial charge in [0.15, 0.2) is 0 Å². The molecule has 4 nitrogen and oxygen atoms in total. The highest BCUT2D eigenvalue weighted by atomic mass is 16.4. The predicted molar refractivity (Wildman–Crippen MR) is 61.5 cm³/mol. The zero-order chi connectivity index (χ0) is 11.7. The van der Waals surface area contributed by atoms with E-state index in [1.807, 2.05) is 12.1 Å². The monoisotopic (exact) mass is 218 g/mol. The normalized spacial score (nSPS) is 11.2. The van der Waals surface area contributed by atoms with Crippen molar-refractivity contribution in [2.45, 2.75) is 26.2 Å². The Hall–Kier alpha value is -1.84. The predicted octanol–water partition coefficient (Wildman–Crippen LogP) is 2.31. The second kappa shape index (κ2) is 3.96. The molecule has 2 rings (SSSR count). The lowest BCUT2D eigenvalue weighted by molar-refractivity contribution is -0.136. The van der Waals surface area contributed by atoms with E-state index in [4.69, 9.17) is 5.11 Å². The minimum Gasteiger partial charge on any atom is -0.481 e. The van der Waals surface area contributed by atoms with Crippen LogP contribution in [0.5, 0.6) is 0 Å². The van der Waals surface area contributed by atoms with Gasteiger partial charge in [-0.15, -0.1) is 0 Å². The third-order valence-electron chi connectivity index (χ3n) is 2.50. The molecule has 16 heavy (non-hydrogen) atoms. The van der Waals surface area contributed by atoms with Gasteiger partial charge >= 0.3 is 5.97 Å². The summed E-state index contributed by atoms with van der Waals surface area (Å²) in [6.07, 6.45) is 0.0136. The molecule has 0 aliphatic rings. The first-order chi connectivity index (χ1) is 7.58. The van der Waals surface area contributed by atoms with E-state index in [1.165, 1.54) is 0 Å². The molecule has 0 saturated heterocycles. The summed E-state index contributed by atoms with van der Waals surface area (Å²) in [5.41, 5.74) is 2.43. The summed E-state index contributed by atoms with van der Waals surface area (Å²) < 4.78 is 0. The average molecular weight is 218 g/mol. The SMILES string of the molecule is CC(C)c1nc2c(CC(=O)O)cccc2[nH]1. The summed E-state index contributed by atoms with van der Waals surface area (Å²) >= 11 is 0. The quantitative estimate of drug-likeness (QED) is 0.830. The van der Waals surface area contributed by atoms with Gasteiger partial charge in [0.05, 0.1) is 17.5 Å². The molecule has 1 aromatic carbocycles. The van der Waals surface area contributed by atoms with Crippen LogP contribution in [0.1, 0.15) is 31.2 Å². The van der Waals surface area contributed by atoms with Gasteiger partial charge in [-0.1, -0.05) is 26.0 Å². The van der Waals surface area contributed by atoms with Crippen LogP contribution in [-0.2, 0) is 11.2 Å². The Morgan fingerprint density at radius 2 is 2.25 bits per heavy atom. The van der Waals surface area contributed by atoms with Crippen LogP contribution < -0.4 is 0 Å². The van der Waals surface area contributed by atoms with Crippen LogP contribution >= 0.6 is 0 Å². The standard InChI is InChI=1S/C12H14N2O2/c1-7(2)12-13-9-5-3-4-8(6-10(15)16)11(9)14-12/h3-5,7H,6H2,1-2H3,(H,13,14)(H,15,16). The lowest BCUT2D eigenvalue weighted by Gasteiger charge is -1.97. The average Bonchev–Trinajstić information content (AvgIpc) is 2.61. The third kappa shape index (κ3) is 1.91. The number of hydrogen-bond acceptors (Lipinski definition) is 2. The van der Waals surface area contributed by atoms with Crippen molar-refractivity contribution in [1.82, 2.24) is 9.97 Å². The molecule has 0 radical (unpaired) electrons. The lowest BCUT2D eigenvalue weighted by atomic mass is 10.1. The number of carboxylic acids is 1. The van der Waals surface area contributed by atoms with Crippen molar-refractivity contribution in [1.29, 1.82) is 0 Å². The maximum absolute atomic E-state index is 10.7. The molecular formula is C12H14N2O2. The molecule has 0 spiro atoms. The number of aliphatic carboxylic acids is 1. The summed E-state index contributed by atoms with van der Waals surface area (Å²) in [4.78, 5) is 18.4. The van der Waals surface area contributed by atoms with Crippen molar-refractivity contribution in [2.75, 3.05) is 0 Å². The number of nitrogens with one attached hydrogen (secondary N) is 1. The van der Waals surface area contributed by atoms with Gasteiger partial charge in [0, 0.05) is 5.92 Å². The van der Waals surface area contributed by atoms with Crippen molar-refractivity contribution in [3.63, 3.8) is 0 Å². The zero-order valence-electron chi connectivity index (χ0n) is 9.32. The first kappa shape index (κ1) is 10.7. The molecule has 1 aromatic heterocycles. The Bertz CT molecular complexity index is 529. The number of nitrogens with zero attached hydrogens (tertiary/aromatic N) is 1. The van der Waals surface area contributed by atoms with E-state index >= 15 is 0 Å². The van der Waals surface area contributed by atoms with Crippen LogP contribution in [0.2, 0.25) is 0 Å². The van der Waals surface area contributed by atoms with Crippen LogP contribution in [0.25, 0.3) is 11.0 Å². The summed E-state index contributed by atoms with van der Waals surface area (Å²) in [6.45, 7) is 4.10. The molecule has 0 fully saturated rings. The van der Waals surface area contributed by atoms with Crippen LogP contribution in [0.4, 0.5) is 0 Å². The van der Waals surface area contributed by atoms with Crippen molar-refractivity contribution < 1.29 is 9.90 Å². The summed E-state index contributed by atoms with van der Waals surface area (Å²) in [6, 6.07) is 5.57. The second-order valence-electron chi connectivity index (χ2n) is 4.16. The van der Waals surface area contributed by atoms with E-state index in [-0.39, 0.29) is 6.42 Å². The topological polar surface area (TPSA) is 66.0 Å². The van der Waals surface area contributed by atoms with Gasteiger partial charge in [-0.3, -0.25) is 4.79 Å². The van der Waals surface area contributed by atoms with Crippen molar-refractivity contribution in [2.24, 2.45) is 0 Å². The van der Waals surface area contributed by atoms with Crippen LogP contribution in [0.15, 0.2) is 18.2 Å². The van der Waals surface area contributed by atoms with E-state index in [0.29, 0.717) is 5.92 Å². The van der Waals surface area contributed by atoms with Crippen molar-refractivity contribution >= 4 is 17.0 Å². The first-order valence-corrected chi connectivity index (χ1v) is 5.27. The number of hydrogen-bond donors (Lipinski definition) is 2. The number of imidazole rings is 1. The fourth-order valence-electron chi connectivity index (χ4n) is 1.69. The molecule has 0 unspecified atom stereocenters. The number of para-hydroxylation sites is 1. The highest BCUT2D eigenvalue weighted by Gasteiger charge is 2.11. The maximum Gasteiger partial charge on any atom is 0.307 e.